The Balaban J connectivity index is 1.57. The third-order valence-corrected chi connectivity index (χ3v) is 6.22. The summed E-state index contributed by atoms with van der Waals surface area (Å²) in [5.74, 6) is 0.557. The fourth-order valence-electron chi connectivity index (χ4n) is 4.87. The maximum Gasteiger partial charge on any atom is 0.271 e. The van der Waals surface area contributed by atoms with Crippen molar-refractivity contribution >= 4 is 11.8 Å². The van der Waals surface area contributed by atoms with Crippen molar-refractivity contribution in [2.75, 3.05) is 0 Å². The number of imidazole rings is 1. The van der Waals surface area contributed by atoms with E-state index in [1.165, 1.54) is 6.33 Å². The Morgan fingerprint density at radius 1 is 1.06 bits per heavy atom. The first kappa shape index (κ1) is 20.4. The van der Waals surface area contributed by atoms with Crippen LogP contribution >= 0.6 is 0 Å². The molecule has 2 amide bonds. The minimum Gasteiger partial charge on any atom is -0.348 e. The van der Waals surface area contributed by atoms with E-state index >= 15 is 0 Å². The normalized spacial score (nSPS) is 19.5. The maximum atomic E-state index is 13.3. The summed E-state index contributed by atoms with van der Waals surface area (Å²) in [6.45, 7) is 4.49. The number of fused-ring (bicyclic) bond motifs is 3. The predicted octanol–water partition coefficient (Wildman–Crippen LogP) is 2.71. The molecule has 0 radical (unpaired) electrons. The molecule has 3 aromatic rings. The quantitative estimate of drug-likeness (QED) is 0.687. The van der Waals surface area contributed by atoms with Crippen molar-refractivity contribution < 1.29 is 9.59 Å². The Hall–Kier alpha value is -3.55. The molecular formula is C24H26N6O2. The molecule has 8 heteroatoms. The van der Waals surface area contributed by atoms with Crippen LogP contribution in [0.3, 0.4) is 0 Å². The van der Waals surface area contributed by atoms with Gasteiger partial charge in [0.15, 0.2) is 0 Å². The zero-order valence-electron chi connectivity index (χ0n) is 18.2. The van der Waals surface area contributed by atoms with Crippen molar-refractivity contribution in [3.05, 3.63) is 66.0 Å². The minimum atomic E-state index is -0.168. The molecular weight excluding hydrogens is 404 g/mol. The van der Waals surface area contributed by atoms with Crippen molar-refractivity contribution in [1.82, 2.24) is 29.7 Å². The summed E-state index contributed by atoms with van der Waals surface area (Å²) in [4.78, 5) is 41.2. The summed E-state index contributed by atoms with van der Waals surface area (Å²) in [5, 5.41) is 2.99. The Morgan fingerprint density at radius 2 is 1.78 bits per heavy atom. The van der Waals surface area contributed by atoms with Crippen molar-refractivity contribution in [1.29, 1.82) is 0 Å². The van der Waals surface area contributed by atoms with Crippen LogP contribution in [0.5, 0.6) is 0 Å². The number of nitrogens with one attached hydrogen (secondary N) is 1. The number of aromatic nitrogens is 4. The summed E-state index contributed by atoms with van der Waals surface area (Å²) < 4.78 is 2.15. The van der Waals surface area contributed by atoms with Gasteiger partial charge in [0.25, 0.3) is 11.8 Å². The van der Waals surface area contributed by atoms with Gasteiger partial charge in [0.1, 0.15) is 17.8 Å². The van der Waals surface area contributed by atoms with E-state index in [0.717, 1.165) is 29.9 Å². The van der Waals surface area contributed by atoms with E-state index in [1.807, 2.05) is 49.1 Å². The molecule has 32 heavy (non-hydrogen) atoms. The molecule has 0 spiro atoms. The second-order valence-corrected chi connectivity index (χ2v) is 8.76. The molecule has 0 unspecified atom stereocenters. The first-order valence-corrected chi connectivity index (χ1v) is 11.1. The number of carbonyl (C=O) groups excluding carboxylic acids is 2. The largest absolute Gasteiger partial charge is 0.348 e. The van der Waals surface area contributed by atoms with Gasteiger partial charge in [-0.2, -0.15) is 0 Å². The summed E-state index contributed by atoms with van der Waals surface area (Å²) in [6.07, 6.45) is 6.98. The summed E-state index contributed by atoms with van der Waals surface area (Å²) in [7, 11) is 0. The maximum absolute atomic E-state index is 13.3. The van der Waals surface area contributed by atoms with Gasteiger partial charge in [-0.3, -0.25) is 9.59 Å². The third-order valence-electron chi connectivity index (χ3n) is 6.22. The molecule has 1 aromatic carbocycles. The van der Waals surface area contributed by atoms with Crippen LogP contribution in [0.2, 0.25) is 0 Å². The molecule has 0 aliphatic carbocycles. The molecule has 0 saturated carbocycles. The van der Waals surface area contributed by atoms with Crippen LogP contribution in [-0.2, 0) is 13.0 Å². The second kappa shape index (κ2) is 8.18. The lowest BCUT2D eigenvalue weighted by Crippen LogP contribution is -2.42. The number of carbonyl (C=O) groups is 2. The van der Waals surface area contributed by atoms with Crippen LogP contribution < -0.4 is 5.32 Å². The smallest absolute Gasteiger partial charge is 0.271 e. The predicted molar refractivity (Wildman–Crippen MR) is 119 cm³/mol. The molecule has 164 valence electrons. The highest BCUT2D eigenvalue weighted by Gasteiger charge is 2.42. The summed E-state index contributed by atoms with van der Waals surface area (Å²) in [5.41, 5.74) is 2.82. The average Bonchev–Trinajstić information content (AvgIpc) is 3.30. The first-order valence-electron chi connectivity index (χ1n) is 11.1. The fraction of sp³-hybridized carbons (Fsp3) is 0.375. The van der Waals surface area contributed by atoms with E-state index in [-0.39, 0.29) is 29.9 Å². The Labute approximate surface area is 186 Å². The monoisotopic (exact) mass is 430 g/mol. The number of rotatable bonds is 4. The van der Waals surface area contributed by atoms with Gasteiger partial charge in [-0.1, -0.05) is 30.3 Å². The average molecular weight is 431 g/mol. The number of hydrogen-bond acceptors (Lipinski definition) is 5. The van der Waals surface area contributed by atoms with Crippen molar-refractivity contribution in [3.63, 3.8) is 0 Å². The van der Waals surface area contributed by atoms with E-state index in [0.29, 0.717) is 24.2 Å². The zero-order valence-corrected chi connectivity index (χ0v) is 18.2. The van der Waals surface area contributed by atoms with Gasteiger partial charge >= 0.3 is 0 Å². The molecule has 2 aliphatic heterocycles. The topological polar surface area (TPSA) is 93.0 Å². The van der Waals surface area contributed by atoms with Crippen LogP contribution in [0.25, 0.3) is 11.4 Å². The van der Waals surface area contributed by atoms with Crippen LogP contribution in [0.15, 0.2) is 49.1 Å². The van der Waals surface area contributed by atoms with E-state index in [4.69, 9.17) is 4.98 Å². The lowest BCUT2D eigenvalue weighted by molar-refractivity contribution is 0.0665. The van der Waals surface area contributed by atoms with Crippen molar-refractivity contribution in [2.24, 2.45) is 0 Å². The Morgan fingerprint density at radius 3 is 2.50 bits per heavy atom. The SMILES string of the molecule is CC(C)NC(=O)c1nc(-c2ccccc2)n2c1C[C@@H]1CC[C@H](C2)N1C(=O)c1cncnc1. The van der Waals surface area contributed by atoms with E-state index in [1.54, 1.807) is 12.4 Å². The fourth-order valence-corrected chi connectivity index (χ4v) is 4.87. The van der Waals surface area contributed by atoms with Crippen LogP contribution in [0, 0.1) is 0 Å². The van der Waals surface area contributed by atoms with E-state index in [2.05, 4.69) is 19.9 Å². The summed E-state index contributed by atoms with van der Waals surface area (Å²) >= 11 is 0. The van der Waals surface area contributed by atoms with Gasteiger partial charge < -0.3 is 14.8 Å². The highest BCUT2D eigenvalue weighted by Crippen LogP contribution is 2.36. The number of benzene rings is 1. The molecule has 4 heterocycles. The van der Waals surface area contributed by atoms with Crippen molar-refractivity contribution in [3.8, 4) is 11.4 Å². The standard InChI is InChI=1S/C24H26N6O2/c1-15(2)27-23(31)21-20-10-18-8-9-19(30(18)24(32)17-11-25-14-26-12-17)13-29(20)22(28-21)16-6-4-3-5-7-16/h3-7,11-12,14-15,18-19H,8-10,13H2,1-2H3,(H,27,31)/t18-,19+/m0/s1. The lowest BCUT2D eigenvalue weighted by atomic mass is 10.0. The van der Waals surface area contributed by atoms with Gasteiger partial charge in [0.2, 0.25) is 0 Å². The summed E-state index contributed by atoms with van der Waals surface area (Å²) in [6, 6.07) is 9.98. The highest BCUT2D eigenvalue weighted by atomic mass is 16.2. The van der Waals surface area contributed by atoms with E-state index in [9.17, 15) is 9.59 Å². The molecule has 1 N–H and O–H groups in total. The zero-order chi connectivity index (χ0) is 22.2. The van der Waals surface area contributed by atoms with Crippen molar-refractivity contribution in [2.45, 2.75) is 57.8 Å². The molecule has 1 fully saturated rings. The van der Waals surface area contributed by atoms with Crippen LogP contribution in [0.4, 0.5) is 0 Å². The lowest BCUT2D eigenvalue weighted by Gasteiger charge is -2.28. The Kier molecular flexibility index (Phi) is 5.20. The molecule has 2 bridgehead atoms. The number of amides is 2. The van der Waals surface area contributed by atoms with Crippen LogP contribution in [0.1, 0.15) is 53.2 Å². The first-order chi connectivity index (χ1) is 15.5. The van der Waals surface area contributed by atoms with Gasteiger partial charge in [-0.05, 0) is 26.7 Å². The van der Waals surface area contributed by atoms with Gasteiger partial charge in [-0.15, -0.1) is 0 Å². The highest BCUT2D eigenvalue weighted by molar-refractivity contribution is 5.95. The number of hydrogen-bond donors (Lipinski definition) is 1. The molecule has 2 aromatic heterocycles. The van der Waals surface area contributed by atoms with Crippen LogP contribution in [-0.4, -0.2) is 54.4 Å². The molecule has 8 nitrogen and oxygen atoms in total. The second-order valence-electron chi connectivity index (χ2n) is 8.76. The number of nitrogens with zero attached hydrogens (tertiary/aromatic N) is 5. The molecule has 5 rings (SSSR count). The minimum absolute atomic E-state index is 0.0124. The molecule has 1 saturated heterocycles. The third kappa shape index (κ3) is 3.55. The Bertz CT molecular complexity index is 1140. The van der Waals surface area contributed by atoms with E-state index < -0.39 is 0 Å². The van der Waals surface area contributed by atoms with Gasteiger partial charge in [0, 0.05) is 43.0 Å². The van der Waals surface area contributed by atoms with Gasteiger partial charge in [0.05, 0.1) is 17.3 Å². The van der Waals surface area contributed by atoms with Gasteiger partial charge in [-0.25, -0.2) is 15.0 Å². The molecule has 2 aliphatic rings. The molecule has 2 atom stereocenters.